The molecule has 3 saturated heterocycles. The number of ether oxygens (including phenoxy) is 2. The van der Waals surface area contributed by atoms with Gasteiger partial charge in [-0.15, -0.1) is 0 Å². The smallest absolute Gasteiger partial charge is 0.387 e. The average molecular weight is 671 g/mol. The van der Waals surface area contributed by atoms with E-state index in [0.717, 1.165) is 6.33 Å². The Bertz CT molecular complexity index is 1800. The van der Waals surface area contributed by atoms with Crippen LogP contribution in [0.25, 0.3) is 16.7 Å². The number of phosphoric ester groups is 2. The maximum atomic E-state index is 13.2. The van der Waals surface area contributed by atoms with Crippen molar-refractivity contribution < 1.29 is 56.7 Å². The minimum atomic E-state index is -5.03. The summed E-state index contributed by atoms with van der Waals surface area (Å²) in [6, 6.07) is 0. The second-order valence-corrected chi connectivity index (χ2v) is 13.4. The predicted octanol–water partition coefficient (Wildman–Crippen LogP) is -0.755. The molecule has 242 valence electrons. The Kier molecular flexibility index (Phi) is 7.43. The van der Waals surface area contributed by atoms with Gasteiger partial charge < -0.3 is 40.9 Å². The first-order valence-electron chi connectivity index (χ1n) is 13.3. The fraction of sp³-hybridized carbons (Fsp3) is 0.500. The summed E-state index contributed by atoms with van der Waals surface area (Å²) in [6.45, 7) is 2.38. The highest BCUT2D eigenvalue weighted by atomic mass is 31.2. The number of nitrogen functional groups attached to an aromatic ring is 1. The molecule has 3 fully saturated rings. The van der Waals surface area contributed by atoms with Crippen molar-refractivity contribution in [2.75, 3.05) is 18.9 Å². The van der Waals surface area contributed by atoms with Crippen molar-refractivity contribution in [2.24, 2.45) is 10.7 Å². The quantitative estimate of drug-likeness (QED) is 0.183. The standard InChI is InChI=1S/C22H27N9O12P2/c1-8-2-11(23)29-20-12(8)27-6-31(20)22-17-15(33)10(41-22)4-39-44(34,35)42-16-14(32)9(3-38-45(36,37)43-17)40-21(16)30-7-28-13-18(24)25-5-26-19(13)30/h5-7,9-10,14-17,21-22,32-33H,1-4H2,(H2,23,29)(H,34,35)(H,36,37)(H2,24,25,26). The van der Waals surface area contributed by atoms with E-state index < -0.39 is 77.9 Å². The number of hydrogen-bond acceptors (Lipinski definition) is 17. The number of nitrogens with two attached hydrogens (primary N) is 2. The Labute approximate surface area is 252 Å². The molecule has 0 amide bonds. The topological polar surface area (TPSA) is 296 Å². The van der Waals surface area contributed by atoms with Gasteiger partial charge in [0.05, 0.1) is 25.9 Å². The monoisotopic (exact) mass is 671 g/mol. The summed E-state index contributed by atoms with van der Waals surface area (Å²) in [5, 5.41) is 22.2. The summed E-state index contributed by atoms with van der Waals surface area (Å²) in [5.74, 6) is 0.424. The normalized spacial score (nSPS) is 39.0. The van der Waals surface area contributed by atoms with E-state index >= 15 is 0 Å². The average Bonchev–Trinajstić information content (AvgIpc) is 3.72. The number of aliphatic hydroxyl groups excluding tert-OH is 2. The largest absolute Gasteiger partial charge is 0.472 e. The molecule has 10 unspecified atom stereocenters. The van der Waals surface area contributed by atoms with Crippen LogP contribution in [0, 0.1) is 0 Å². The van der Waals surface area contributed by atoms with Gasteiger partial charge in [0.1, 0.15) is 60.0 Å². The van der Waals surface area contributed by atoms with E-state index in [9.17, 15) is 29.1 Å². The third kappa shape index (κ3) is 5.39. The summed E-state index contributed by atoms with van der Waals surface area (Å²) in [7, 11) is -10.1. The molecule has 21 nitrogen and oxygen atoms in total. The fourth-order valence-corrected chi connectivity index (χ4v) is 7.39. The van der Waals surface area contributed by atoms with Crippen molar-refractivity contribution in [3.8, 4) is 0 Å². The van der Waals surface area contributed by atoms with Crippen molar-refractivity contribution in [2.45, 2.75) is 55.5 Å². The highest BCUT2D eigenvalue weighted by molar-refractivity contribution is 7.47. The molecule has 0 saturated carbocycles. The molecule has 4 bridgehead atoms. The molecule has 45 heavy (non-hydrogen) atoms. The van der Waals surface area contributed by atoms with Crippen molar-refractivity contribution in [1.29, 1.82) is 0 Å². The van der Waals surface area contributed by atoms with Gasteiger partial charge in [0.25, 0.3) is 0 Å². The molecule has 0 aromatic carbocycles. The number of aliphatic imine (C=N–C) groups is 1. The lowest BCUT2D eigenvalue weighted by Gasteiger charge is -2.26. The second kappa shape index (κ2) is 11.0. The summed E-state index contributed by atoms with van der Waals surface area (Å²) < 4.78 is 61.8. The number of nitrogens with zero attached hydrogens (tertiary/aromatic N) is 7. The van der Waals surface area contributed by atoms with Crippen LogP contribution >= 0.6 is 15.6 Å². The SMILES string of the molecule is C=C1CC(N)=Nc2c1ncn2C1OC2COP(=O)(O)OC3C(O)C(COP(=O)(O)OC1C2O)OC3n1cnc2c(N)ncnc21. The highest BCUT2D eigenvalue weighted by Crippen LogP contribution is 2.54. The first kappa shape index (κ1) is 30.5. The lowest BCUT2D eigenvalue weighted by molar-refractivity contribution is -0.0680. The van der Waals surface area contributed by atoms with Crippen LogP contribution in [0.5, 0.6) is 0 Å². The molecule has 4 aliphatic heterocycles. The third-order valence-corrected chi connectivity index (χ3v) is 9.59. The lowest BCUT2D eigenvalue weighted by Crippen LogP contribution is -2.38. The molecule has 7 rings (SSSR count). The first-order chi connectivity index (χ1) is 21.3. The third-order valence-electron chi connectivity index (χ3n) is 7.62. The minimum absolute atomic E-state index is 0.0332. The van der Waals surface area contributed by atoms with E-state index in [0.29, 0.717) is 11.3 Å². The Balaban J connectivity index is 1.21. The van der Waals surface area contributed by atoms with Gasteiger partial charge in [-0.3, -0.25) is 27.2 Å². The van der Waals surface area contributed by atoms with Gasteiger partial charge in [-0.05, 0) is 5.57 Å². The van der Waals surface area contributed by atoms with Gasteiger partial charge in [-0.25, -0.2) is 34.1 Å². The lowest BCUT2D eigenvalue weighted by atomic mass is 10.1. The zero-order chi connectivity index (χ0) is 31.8. The molecule has 7 heterocycles. The van der Waals surface area contributed by atoms with Gasteiger partial charge in [0.2, 0.25) is 0 Å². The van der Waals surface area contributed by atoms with Crippen LogP contribution in [0.1, 0.15) is 24.6 Å². The summed E-state index contributed by atoms with van der Waals surface area (Å²) in [5.41, 5.74) is 13.0. The molecule has 3 aromatic heterocycles. The number of anilines is 1. The molecule has 0 spiro atoms. The van der Waals surface area contributed by atoms with Crippen LogP contribution in [0.15, 0.2) is 30.6 Å². The first-order valence-corrected chi connectivity index (χ1v) is 16.3. The zero-order valence-corrected chi connectivity index (χ0v) is 24.7. The van der Waals surface area contributed by atoms with Crippen LogP contribution in [-0.4, -0.2) is 105 Å². The predicted molar refractivity (Wildman–Crippen MR) is 148 cm³/mol. The van der Waals surface area contributed by atoms with Gasteiger partial charge in [-0.1, -0.05) is 6.58 Å². The molecule has 3 aromatic rings. The Morgan fingerprint density at radius 2 is 1.44 bits per heavy atom. The second-order valence-electron chi connectivity index (χ2n) is 10.6. The maximum Gasteiger partial charge on any atom is 0.472 e. The number of rotatable bonds is 2. The van der Waals surface area contributed by atoms with E-state index in [-0.39, 0.29) is 35.1 Å². The van der Waals surface area contributed by atoms with E-state index in [1.54, 1.807) is 0 Å². The molecular formula is C22H27N9O12P2. The molecule has 0 aliphatic carbocycles. The minimum Gasteiger partial charge on any atom is -0.387 e. The van der Waals surface area contributed by atoms with Crippen molar-refractivity contribution >= 4 is 49.9 Å². The summed E-state index contributed by atoms with van der Waals surface area (Å²) in [4.78, 5) is 42.0. The summed E-state index contributed by atoms with van der Waals surface area (Å²) >= 11 is 0. The number of amidine groups is 1. The van der Waals surface area contributed by atoms with Gasteiger partial charge in [0.15, 0.2) is 29.7 Å². The number of hydrogen-bond donors (Lipinski definition) is 6. The number of imidazole rings is 2. The molecule has 23 heteroatoms. The van der Waals surface area contributed by atoms with Crippen LogP contribution in [0.4, 0.5) is 11.6 Å². The number of phosphoric acid groups is 2. The number of fused-ring (bicyclic) bond motifs is 6. The number of aromatic nitrogens is 6. The zero-order valence-electron chi connectivity index (χ0n) is 22.9. The molecule has 8 N–H and O–H groups in total. The van der Waals surface area contributed by atoms with E-state index in [1.807, 2.05) is 0 Å². The Hall–Kier alpha value is -3.17. The highest BCUT2D eigenvalue weighted by Gasteiger charge is 2.54. The van der Waals surface area contributed by atoms with Crippen LogP contribution in [0.2, 0.25) is 0 Å². The Morgan fingerprint density at radius 1 is 0.867 bits per heavy atom. The summed E-state index contributed by atoms with van der Waals surface area (Å²) in [6.07, 6.45) is -8.32. The van der Waals surface area contributed by atoms with E-state index in [4.69, 9.17) is 39.0 Å². The Morgan fingerprint density at radius 3 is 2.07 bits per heavy atom. The number of aliphatic hydroxyl groups is 2. The molecule has 4 aliphatic rings. The molecular weight excluding hydrogens is 644 g/mol. The van der Waals surface area contributed by atoms with Crippen LogP contribution in [-0.2, 0) is 36.7 Å². The van der Waals surface area contributed by atoms with Crippen LogP contribution < -0.4 is 11.5 Å². The fourth-order valence-electron chi connectivity index (χ4n) is 5.53. The van der Waals surface area contributed by atoms with Gasteiger partial charge >= 0.3 is 15.6 Å². The maximum absolute atomic E-state index is 13.2. The van der Waals surface area contributed by atoms with E-state index in [1.165, 1.54) is 21.8 Å². The molecule has 0 radical (unpaired) electrons. The van der Waals surface area contributed by atoms with Crippen molar-refractivity contribution in [3.05, 3.63) is 31.3 Å². The van der Waals surface area contributed by atoms with Crippen molar-refractivity contribution in [1.82, 2.24) is 29.1 Å². The van der Waals surface area contributed by atoms with Crippen molar-refractivity contribution in [3.63, 3.8) is 0 Å². The van der Waals surface area contributed by atoms with Crippen LogP contribution in [0.3, 0.4) is 0 Å². The van der Waals surface area contributed by atoms with E-state index in [2.05, 4.69) is 31.5 Å². The van der Waals surface area contributed by atoms with Gasteiger partial charge in [0, 0.05) is 6.42 Å². The van der Waals surface area contributed by atoms with Gasteiger partial charge in [-0.2, -0.15) is 0 Å². The molecule has 10 atom stereocenters.